The Morgan fingerprint density at radius 1 is 1.23 bits per heavy atom. The predicted octanol–water partition coefficient (Wildman–Crippen LogP) is 1.07. The standard InChI is InChI=1S/C15H22N4O2S/c1-3-17(2)22(20,21)19-11-9-18(10-12-19)15(13-16)14-7-5-4-6-8-14/h4-8,15H,3,9-12H2,1-2H3/t15-/m1/s1. The van der Waals surface area contributed by atoms with Crippen LogP contribution in [0.1, 0.15) is 18.5 Å². The molecule has 6 nitrogen and oxygen atoms in total. The molecular weight excluding hydrogens is 300 g/mol. The Morgan fingerprint density at radius 3 is 2.32 bits per heavy atom. The molecule has 0 radical (unpaired) electrons. The Hall–Kier alpha value is -1.46. The molecule has 1 aliphatic heterocycles. The summed E-state index contributed by atoms with van der Waals surface area (Å²) in [7, 11) is -1.79. The maximum absolute atomic E-state index is 12.3. The number of nitriles is 1. The lowest BCUT2D eigenvalue weighted by Crippen LogP contribution is -2.52. The maximum atomic E-state index is 12.3. The van der Waals surface area contributed by atoms with Crippen molar-refractivity contribution < 1.29 is 8.42 Å². The van der Waals surface area contributed by atoms with Gasteiger partial charge in [-0.05, 0) is 5.56 Å². The van der Waals surface area contributed by atoms with Crippen molar-refractivity contribution in [2.75, 3.05) is 39.8 Å². The molecule has 0 spiro atoms. The van der Waals surface area contributed by atoms with Gasteiger partial charge in [0.25, 0.3) is 10.2 Å². The molecule has 1 fully saturated rings. The third-order valence-electron chi connectivity index (χ3n) is 4.04. The van der Waals surface area contributed by atoms with Crippen molar-refractivity contribution in [1.82, 2.24) is 13.5 Å². The number of nitrogens with zero attached hydrogens (tertiary/aromatic N) is 4. The van der Waals surface area contributed by atoms with Crippen molar-refractivity contribution in [3.05, 3.63) is 35.9 Å². The summed E-state index contributed by atoms with van der Waals surface area (Å²) < 4.78 is 27.4. The zero-order chi connectivity index (χ0) is 16.2. The van der Waals surface area contributed by atoms with Crippen LogP contribution in [0.2, 0.25) is 0 Å². The molecule has 1 saturated heterocycles. The normalized spacial score (nSPS) is 19.0. The average molecular weight is 322 g/mol. The molecule has 0 amide bonds. The molecule has 7 heteroatoms. The molecule has 0 N–H and O–H groups in total. The lowest BCUT2D eigenvalue weighted by atomic mass is 10.1. The van der Waals surface area contributed by atoms with Crippen molar-refractivity contribution in [3.8, 4) is 6.07 Å². The second-order valence-corrected chi connectivity index (χ2v) is 7.33. The first-order valence-corrected chi connectivity index (χ1v) is 8.80. The van der Waals surface area contributed by atoms with E-state index < -0.39 is 10.2 Å². The lowest BCUT2D eigenvalue weighted by Gasteiger charge is -2.37. The van der Waals surface area contributed by atoms with Gasteiger partial charge in [-0.2, -0.15) is 22.3 Å². The van der Waals surface area contributed by atoms with Gasteiger partial charge in [-0.25, -0.2) is 0 Å². The molecule has 1 atom stereocenters. The van der Waals surface area contributed by atoms with Gasteiger partial charge in [0.15, 0.2) is 0 Å². The second-order valence-electron chi connectivity index (χ2n) is 5.30. The molecule has 1 aromatic carbocycles. The van der Waals surface area contributed by atoms with Gasteiger partial charge in [-0.3, -0.25) is 4.90 Å². The molecule has 0 aromatic heterocycles. The zero-order valence-electron chi connectivity index (χ0n) is 13.0. The first-order chi connectivity index (χ1) is 10.5. The number of hydrogen-bond donors (Lipinski definition) is 0. The predicted molar refractivity (Wildman–Crippen MR) is 85.2 cm³/mol. The highest BCUT2D eigenvalue weighted by molar-refractivity contribution is 7.86. The van der Waals surface area contributed by atoms with Crippen LogP contribution in [-0.4, -0.2) is 61.7 Å². The van der Waals surface area contributed by atoms with Gasteiger partial charge in [0.2, 0.25) is 0 Å². The number of hydrogen-bond acceptors (Lipinski definition) is 4. The Labute approximate surface area is 132 Å². The summed E-state index contributed by atoms with van der Waals surface area (Å²) in [6.45, 7) is 4.21. The van der Waals surface area contributed by atoms with E-state index in [0.717, 1.165) is 5.56 Å². The van der Waals surface area contributed by atoms with Crippen LogP contribution in [0.25, 0.3) is 0 Å². The van der Waals surface area contributed by atoms with E-state index in [9.17, 15) is 13.7 Å². The molecule has 0 bridgehead atoms. The molecule has 22 heavy (non-hydrogen) atoms. The van der Waals surface area contributed by atoms with E-state index in [1.54, 1.807) is 7.05 Å². The van der Waals surface area contributed by atoms with Gasteiger partial charge in [0, 0.05) is 39.8 Å². The van der Waals surface area contributed by atoms with Crippen LogP contribution in [-0.2, 0) is 10.2 Å². The van der Waals surface area contributed by atoms with E-state index in [4.69, 9.17) is 0 Å². The SMILES string of the molecule is CCN(C)S(=O)(=O)N1CCN([C@H](C#N)c2ccccc2)CC1. The second kappa shape index (κ2) is 7.20. The summed E-state index contributed by atoms with van der Waals surface area (Å²) >= 11 is 0. The highest BCUT2D eigenvalue weighted by Gasteiger charge is 2.32. The van der Waals surface area contributed by atoms with Gasteiger partial charge in [-0.1, -0.05) is 37.3 Å². The lowest BCUT2D eigenvalue weighted by molar-refractivity contribution is 0.158. The largest absolute Gasteiger partial charge is 0.282 e. The fraction of sp³-hybridized carbons (Fsp3) is 0.533. The van der Waals surface area contributed by atoms with Gasteiger partial charge < -0.3 is 0 Å². The van der Waals surface area contributed by atoms with Crippen molar-refractivity contribution in [1.29, 1.82) is 5.26 Å². The Bertz CT molecular complexity index is 619. The minimum absolute atomic E-state index is 0.324. The quantitative estimate of drug-likeness (QED) is 0.813. The van der Waals surface area contributed by atoms with E-state index in [0.29, 0.717) is 32.7 Å². The Balaban J connectivity index is 2.05. The van der Waals surface area contributed by atoms with E-state index >= 15 is 0 Å². The van der Waals surface area contributed by atoms with Gasteiger partial charge in [0.05, 0.1) is 6.07 Å². The number of piperazine rings is 1. The van der Waals surface area contributed by atoms with Crippen LogP contribution < -0.4 is 0 Å². The molecular formula is C15H22N4O2S. The van der Waals surface area contributed by atoms with E-state index in [1.165, 1.54) is 8.61 Å². The molecule has 1 aromatic rings. The molecule has 1 heterocycles. The van der Waals surface area contributed by atoms with Crippen molar-refractivity contribution in [2.24, 2.45) is 0 Å². The smallest absolute Gasteiger partial charge is 0.281 e. The van der Waals surface area contributed by atoms with Crippen LogP contribution in [0.3, 0.4) is 0 Å². The number of benzene rings is 1. The summed E-state index contributed by atoms with van der Waals surface area (Å²) in [4.78, 5) is 2.04. The highest BCUT2D eigenvalue weighted by Crippen LogP contribution is 2.22. The summed E-state index contributed by atoms with van der Waals surface area (Å²) in [5.41, 5.74) is 0.951. The molecule has 1 aliphatic rings. The Kier molecular flexibility index (Phi) is 5.53. The van der Waals surface area contributed by atoms with Crippen molar-refractivity contribution >= 4 is 10.2 Å². The van der Waals surface area contributed by atoms with E-state index in [2.05, 4.69) is 6.07 Å². The topological polar surface area (TPSA) is 67.7 Å². The van der Waals surface area contributed by atoms with E-state index in [-0.39, 0.29) is 6.04 Å². The zero-order valence-corrected chi connectivity index (χ0v) is 13.8. The third-order valence-corrected chi connectivity index (χ3v) is 6.11. The minimum Gasteiger partial charge on any atom is -0.282 e. The summed E-state index contributed by atoms with van der Waals surface area (Å²) in [5.74, 6) is 0. The monoisotopic (exact) mass is 322 g/mol. The number of rotatable bonds is 5. The summed E-state index contributed by atoms with van der Waals surface area (Å²) in [5, 5.41) is 9.45. The minimum atomic E-state index is -3.38. The van der Waals surface area contributed by atoms with E-state index in [1.807, 2.05) is 42.2 Å². The maximum Gasteiger partial charge on any atom is 0.281 e. The molecule has 0 saturated carbocycles. The average Bonchev–Trinajstić information content (AvgIpc) is 2.56. The van der Waals surface area contributed by atoms with Crippen molar-refractivity contribution in [2.45, 2.75) is 13.0 Å². The van der Waals surface area contributed by atoms with Crippen LogP contribution >= 0.6 is 0 Å². The highest BCUT2D eigenvalue weighted by atomic mass is 32.2. The van der Waals surface area contributed by atoms with Gasteiger partial charge in [-0.15, -0.1) is 0 Å². The Morgan fingerprint density at radius 2 is 1.82 bits per heavy atom. The third kappa shape index (κ3) is 3.47. The fourth-order valence-corrected chi connectivity index (χ4v) is 3.90. The van der Waals surface area contributed by atoms with Crippen LogP contribution in [0.15, 0.2) is 30.3 Å². The van der Waals surface area contributed by atoms with Crippen LogP contribution in [0.4, 0.5) is 0 Å². The van der Waals surface area contributed by atoms with Crippen LogP contribution in [0, 0.1) is 11.3 Å². The summed E-state index contributed by atoms with van der Waals surface area (Å²) in [6.07, 6.45) is 0. The molecule has 0 unspecified atom stereocenters. The first-order valence-electron chi connectivity index (χ1n) is 7.40. The van der Waals surface area contributed by atoms with Crippen LogP contribution in [0.5, 0.6) is 0 Å². The van der Waals surface area contributed by atoms with Gasteiger partial charge >= 0.3 is 0 Å². The molecule has 120 valence electrons. The molecule has 2 rings (SSSR count). The van der Waals surface area contributed by atoms with Crippen molar-refractivity contribution in [3.63, 3.8) is 0 Å². The van der Waals surface area contributed by atoms with Gasteiger partial charge in [0.1, 0.15) is 6.04 Å². The first kappa shape index (κ1) is 16.9. The molecule has 0 aliphatic carbocycles. The summed E-state index contributed by atoms with van der Waals surface area (Å²) in [6, 6.07) is 11.6. The fourth-order valence-electron chi connectivity index (χ4n) is 2.56.